The molecule has 4 heteroatoms. The van der Waals surface area contributed by atoms with E-state index < -0.39 is 20.8 Å². The molecule has 2 rings (SSSR count). The van der Waals surface area contributed by atoms with Crippen LogP contribution in [-0.2, 0) is 9.84 Å². The Hall–Kier alpha value is -0.900. The van der Waals surface area contributed by atoms with Crippen molar-refractivity contribution in [1.29, 1.82) is 0 Å². The van der Waals surface area contributed by atoms with Crippen LogP contribution in [0, 0.1) is 0 Å². The van der Waals surface area contributed by atoms with Gasteiger partial charge in [0.15, 0.2) is 9.84 Å². The van der Waals surface area contributed by atoms with Gasteiger partial charge in [0.1, 0.15) is 10.9 Å². The second-order valence-electron chi connectivity index (χ2n) is 4.01. The largest absolute Gasteiger partial charge is 0.241 e. The maximum absolute atomic E-state index is 13.8. The highest BCUT2D eigenvalue weighted by Gasteiger charge is 2.52. The zero-order chi connectivity index (χ0) is 10.6. The van der Waals surface area contributed by atoms with E-state index in [-0.39, 0.29) is 10.5 Å². The summed E-state index contributed by atoms with van der Waals surface area (Å²) in [6.45, 7) is 2.85. The molecule has 2 nitrogen and oxygen atoms in total. The van der Waals surface area contributed by atoms with Crippen LogP contribution >= 0.6 is 0 Å². The van der Waals surface area contributed by atoms with Crippen molar-refractivity contribution in [2.75, 3.05) is 0 Å². The predicted molar refractivity (Wildman–Crippen MR) is 51.6 cm³/mol. The molecule has 0 aliphatic carbocycles. The Morgan fingerprint density at radius 1 is 1.29 bits per heavy atom. The molecule has 0 radical (unpaired) electrons. The van der Waals surface area contributed by atoms with Crippen molar-refractivity contribution in [2.45, 2.75) is 29.7 Å². The van der Waals surface area contributed by atoms with Gasteiger partial charge in [-0.05, 0) is 19.9 Å². The molecule has 0 bridgehead atoms. The van der Waals surface area contributed by atoms with E-state index in [0.717, 1.165) is 0 Å². The van der Waals surface area contributed by atoms with Gasteiger partial charge in [-0.2, -0.15) is 0 Å². The number of benzene rings is 1. The van der Waals surface area contributed by atoms with E-state index >= 15 is 0 Å². The van der Waals surface area contributed by atoms with E-state index in [9.17, 15) is 12.8 Å². The third-order valence-electron chi connectivity index (χ3n) is 2.78. The molecule has 1 aliphatic heterocycles. The number of rotatable bonds is 0. The lowest BCUT2D eigenvalue weighted by Crippen LogP contribution is -2.30. The van der Waals surface area contributed by atoms with Crippen LogP contribution in [0.15, 0.2) is 29.2 Å². The minimum absolute atomic E-state index is 0.137. The number of hydrogen-bond donors (Lipinski definition) is 0. The van der Waals surface area contributed by atoms with Gasteiger partial charge in [-0.15, -0.1) is 0 Å². The molecule has 0 fully saturated rings. The molecule has 0 spiro atoms. The van der Waals surface area contributed by atoms with Crippen molar-refractivity contribution in [1.82, 2.24) is 0 Å². The minimum Gasteiger partial charge on any atom is -0.241 e. The molecule has 1 aromatic carbocycles. The molecule has 1 unspecified atom stereocenters. The van der Waals surface area contributed by atoms with Crippen LogP contribution in [0.3, 0.4) is 0 Å². The number of halogens is 1. The van der Waals surface area contributed by atoms with Crippen LogP contribution < -0.4 is 0 Å². The number of sulfone groups is 1. The molecular weight excluding hydrogens is 203 g/mol. The molecule has 0 N–H and O–H groups in total. The first-order chi connectivity index (χ1) is 6.39. The zero-order valence-corrected chi connectivity index (χ0v) is 8.81. The first-order valence-corrected chi connectivity index (χ1v) is 5.85. The van der Waals surface area contributed by atoms with Crippen molar-refractivity contribution in [3.63, 3.8) is 0 Å². The van der Waals surface area contributed by atoms with Gasteiger partial charge in [-0.3, -0.25) is 0 Å². The third-order valence-corrected chi connectivity index (χ3v) is 5.33. The molecule has 0 aromatic heterocycles. The quantitative estimate of drug-likeness (QED) is 0.664. The number of fused-ring (bicyclic) bond motifs is 1. The highest BCUT2D eigenvalue weighted by Crippen LogP contribution is 2.48. The molecule has 1 aromatic rings. The van der Waals surface area contributed by atoms with Crippen molar-refractivity contribution < 1.29 is 12.8 Å². The summed E-state index contributed by atoms with van der Waals surface area (Å²) in [4.78, 5) is 0.137. The Morgan fingerprint density at radius 3 is 2.43 bits per heavy atom. The van der Waals surface area contributed by atoms with Crippen molar-refractivity contribution in [3.8, 4) is 0 Å². The SMILES string of the molecule is CC1(C)C(F)c2ccccc2S1(=O)=O. The van der Waals surface area contributed by atoms with Crippen molar-refractivity contribution >= 4 is 9.84 Å². The minimum atomic E-state index is -3.51. The van der Waals surface area contributed by atoms with E-state index in [2.05, 4.69) is 0 Å². The average molecular weight is 214 g/mol. The van der Waals surface area contributed by atoms with Gasteiger partial charge in [0, 0.05) is 5.56 Å². The summed E-state index contributed by atoms with van der Waals surface area (Å²) in [6.07, 6.45) is -1.43. The number of hydrogen-bond acceptors (Lipinski definition) is 2. The van der Waals surface area contributed by atoms with Gasteiger partial charge in [-0.25, -0.2) is 12.8 Å². The molecule has 1 aliphatic rings. The fraction of sp³-hybridized carbons (Fsp3) is 0.400. The summed E-state index contributed by atoms with van der Waals surface area (Å²) >= 11 is 0. The first-order valence-electron chi connectivity index (χ1n) is 4.36. The van der Waals surface area contributed by atoms with E-state index in [4.69, 9.17) is 0 Å². The predicted octanol–water partition coefficient (Wildman–Crippen LogP) is 2.26. The van der Waals surface area contributed by atoms with Crippen molar-refractivity contribution in [3.05, 3.63) is 29.8 Å². The number of alkyl halides is 1. The summed E-state index contributed by atoms with van der Waals surface area (Å²) < 4.78 is 36.2. The highest BCUT2D eigenvalue weighted by molar-refractivity contribution is 7.93. The Labute approximate surface area is 82.7 Å². The van der Waals surface area contributed by atoms with E-state index in [0.29, 0.717) is 0 Å². The second-order valence-corrected chi connectivity index (χ2v) is 6.51. The highest BCUT2D eigenvalue weighted by atomic mass is 32.2. The lowest BCUT2D eigenvalue weighted by molar-refractivity contribution is 0.284. The van der Waals surface area contributed by atoms with E-state index in [1.807, 2.05) is 0 Å². The second kappa shape index (κ2) is 2.57. The fourth-order valence-electron chi connectivity index (χ4n) is 1.73. The Kier molecular flexibility index (Phi) is 1.77. The van der Waals surface area contributed by atoms with Gasteiger partial charge in [0.2, 0.25) is 0 Å². The maximum Gasteiger partial charge on any atom is 0.187 e. The van der Waals surface area contributed by atoms with Crippen LogP contribution in [0.5, 0.6) is 0 Å². The normalized spacial score (nSPS) is 27.2. The van der Waals surface area contributed by atoms with Crippen LogP contribution in [0.4, 0.5) is 4.39 Å². The first kappa shape index (κ1) is 9.65. The van der Waals surface area contributed by atoms with Gasteiger partial charge < -0.3 is 0 Å². The fourth-order valence-corrected chi connectivity index (χ4v) is 3.43. The smallest absolute Gasteiger partial charge is 0.187 e. The third kappa shape index (κ3) is 0.919. The molecule has 1 heterocycles. The van der Waals surface area contributed by atoms with Gasteiger partial charge in [-0.1, -0.05) is 18.2 Å². The average Bonchev–Trinajstić information content (AvgIpc) is 2.27. The summed E-state index contributed by atoms with van der Waals surface area (Å²) in [5, 5.41) is 0. The van der Waals surface area contributed by atoms with Crippen LogP contribution in [0.25, 0.3) is 0 Å². The van der Waals surface area contributed by atoms with Gasteiger partial charge in [0.25, 0.3) is 0 Å². The lowest BCUT2D eigenvalue weighted by Gasteiger charge is -2.19. The monoisotopic (exact) mass is 214 g/mol. The summed E-state index contributed by atoms with van der Waals surface area (Å²) in [7, 11) is -3.51. The molecule has 76 valence electrons. The summed E-state index contributed by atoms with van der Waals surface area (Å²) in [5.74, 6) is 0. The lowest BCUT2D eigenvalue weighted by atomic mass is 10.0. The Morgan fingerprint density at radius 2 is 1.86 bits per heavy atom. The standard InChI is InChI=1S/C10H11FO2S/c1-10(2)9(11)7-5-3-4-6-8(7)14(10,12)13/h3-6,9H,1-2H3. The van der Waals surface area contributed by atoms with Crippen molar-refractivity contribution in [2.24, 2.45) is 0 Å². The van der Waals surface area contributed by atoms with Crippen LogP contribution in [0.2, 0.25) is 0 Å². The van der Waals surface area contributed by atoms with Gasteiger partial charge in [0.05, 0.1) is 4.90 Å². The Balaban J connectivity index is 2.81. The summed E-state index contributed by atoms with van der Waals surface area (Å²) in [6, 6.07) is 6.27. The summed E-state index contributed by atoms with van der Waals surface area (Å²) in [5.41, 5.74) is 0.289. The molecule has 0 saturated carbocycles. The maximum atomic E-state index is 13.8. The topological polar surface area (TPSA) is 34.1 Å². The van der Waals surface area contributed by atoms with Crippen LogP contribution in [0.1, 0.15) is 25.6 Å². The van der Waals surface area contributed by atoms with E-state index in [1.165, 1.54) is 26.0 Å². The van der Waals surface area contributed by atoms with Gasteiger partial charge >= 0.3 is 0 Å². The molecule has 0 amide bonds. The zero-order valence-electron chi connectivity index (χ0n) is 7.99. The molecule has 1 atom stereocenters. The van der Waals surface area contributed by atoms with E-state index in [1.54, 1.807) is 12.1 Å². The molecule has 14 heavy (non-hydrogen) atoms. The molecular formula is C10H11FO2S. The Bertz CT molecular complexity index is 477. The molecule has 0 saturated heterocycles. The van der Waals surface area contributed by atoms with Crippen LogP contribution in [-0.4, -0.2) is 13.2 Å².